The first-order chi connectivity index (χ1) is 48.7. The van der Waals surface area contributed by atoms with Crippen molar-refractivity contribution in [2.45, 2.75) is 188 Å². The Bertz CT molecular complexity index is 4260. The summed E-state index contributed by atoms with van der Waals surface area (Å²) in [5.41, 5.74) is 2.20. The number of ether oxygens (including phenoxy) is 6. The number of nitrogens with zero attached hydrogens (tertiary/aromatic N) is 8. The van der Waals surface area contributed by atoms with E-state index in [-0.39, 0.29) is 205 Å². The molecule has 0 radical (unpaired) electrons. The normalized spacial score (nSPS) is 22.1. The van der Waals surface area contributed by atoms with Gasteiger partial charge >= 0.3 is 138 Å². The van der Waals surface area contributed by atoms with Crippen LogP contribution in [0.4, 0.5) is 31.0 Å². The van der Waals surface area contributed by atoms with Crippen LogP contribution in [0.15, 0.2) is 28.8 Å². The van der Waals surface area contributed by atoms with E-state index in [9.17, 15) is 71.7 Å². The number of rotatable bonds is 23. The molecule has 578 valence electrons. The van der Waals surface area contributed by atoms with Gasteiger partial charge in [0.05, 0.1) is 18.3 Å². The number of hydrogen-bond acceptors (Lipinski definition) is 30. The predicted molar refractivity (Wildman–Crippen MR) is 370 cm³/mol. The van der Waals surface area contributed by atoms with Gasteiger partial charge in [-0.2, -0.15) is 50.2 Å². The van der Waals surface area contributed by atoms with Gasteiger partial charge in [-0.05, 0) is 37.0 Å². The van der Waals surface area contributed by atoms with Crippen molar-refractivity contribution in [2.75, 3.05) is 59.5 Å². The molecule has 3 aliphatic heterocycles. The van der Waals surface area contributed by atoms with Gasteiger partial charge in [-0.1, -0.05) is 47.5 Å². The largest absolute Gasteiger partial charge is 1.00 e. The van der Waals surface area contributed by atoms with Crippen LogP contribution in [0.1, 0.15) is 102 Å². The molecule has 3 saturated heterocycles. The van der Waals surface area contributed by atoms with E-state index in [1.165, 1.54) is 64.9 Å². The average molecular weight is 1610 g/mol. The van der Waals surface area contributed by atoms with Gasteiger partial charge in [0.25, 0.3) is 23.2 Å². The van der Waals surface area contributed by atoms with Crippen LogP contribution in [0, 0.1) is 11.8 Å². The fourth-order valence-electron chi connectivity index (χ4n) is 10.7. The predicted octanol–water partition coefficient (Wildman–Crippen LogP) is -5.89. The number of aromatic nitrogens is 12. The zero-order chi connectivity index (χ0) is 77.6. The molecule has 0 aromatic carbocycles. The maximum absolute atomic E-state index is 15.4. The molecule has 46 heteroatoms. The molecule has 9 heterocycles. The number of halogens is 3. The molecule has 38 nitrogen and oxygen atoms in total. The number of nitrogens with two attached hydrogens (primary N) is 1. The average Bonchev–Trinajstić information content (AvgIpc) is 1.59. The summed E-state index contributed by atoms with van der Waals surface area (Å²) >= 11 is 4.51. The van der Waals surface area contributed by atoms with E-state index in [0.717, 1.165) is 23.2 Å². The van der Waals surface area contributed by atoms with Gasteiger partial charge in [0.2, 0.25) is 35.9 Å². The van der Waals surface area contributed by atoms with Crippen LogP contribution < -0.4 is 158 Å². The van der Waals surface area contributed by atoms with Crippen molar-refractivity contribution in [1.82, 2.24) is 57.7 Å². The molecule has 2 amide bonds. The number of nitrogens with one attached hydrogen (secondary N) is 6. The van der Waals surface area contributed by atoms with Gasteiger partial charge in [0, 0.05) is 78.6 Å². The number of fused-ring (bicyclic) bond motifs is 3. The molecule has 6 aromatic heterocycles. The van der Waals surface area contributed by atoms with E-state index in [1.807, 2.05) is 39.5 Å². The van der Waals surface area contributed by atoms with Gasteiger partial charge in [-0.15, -0.1) is 0 Å². The SMILES string of the molecule is CC[C@H](C)[C@H]1OC(OC(C)=O)[C@H](OC(C)=O)[C@H]1F.CC[C@H](C)[C@H]1O[C@@H](n2c(=O)n(CCSC)c3c(=O)[nH]c(NC(C)=O)nc32)[C@H](OC(C)=O)[C@H]1F.CC[C@H](O)[C@H]1O[C@@H](n2c(=O)n(CCSC)c3c(=O)[nH]c(N)nc32)[C@H](O)[C@H]1F.CO.CSCCn1c(=O)[nH]c2nc(NC(C)=O)[nH]c(=O)c21.O=CO[O-].[H-].[K+].[K+]. The summed E-state index contributed by atoms with van der Waals surface area (Å²) in [5, 5.41) is 40.4. The van der Waals surface area contributed by atoms with E-state index in [2.05, 4.69) is 50.4 Å². The van der Waals surface area contributed by atoms with Crippen LogP contribution in [0.2, 0.25) is 0 Å². The molecule has 9 rings (SSSR count). The van der Waals surface area contributed by atoms with Crippen LogP contribution in [-0.4, -0.2) is 220 Å². The summed E-state index contributed by atoms with van der Waals surface area (Å²) in [7, 11) is 1.00. The van der Waals surface area contributed by atoms with Crippen molar-refractivity contribution in [3.63, 3.8) is 0 Å². The van der Waals surface area contributed by atoms with E-state index in [1.54, 1.807) is 25.6 Å². The Morgan fingerprint density at radius 2 is 1.03 bits per heavy atom. The quantitative estimate of drug-likeness (QED) is 0.00713. The van der Waals surface area contributed by atoms with Crippen LogP contribution in [0.3, 0.4) is 0 Å². The van der Waals surface area contributed by atoms with Crippen LogP contribution in [-0.2, 0) is 81.7 Å². The summed E-state index contributed by atoms with van der Waals surface area (Å²) in [5.74, 6) is -1.70. The number of aromatic amines is 4. The van der Waals surface area contributed by atoms with E-state index < -0.39 is 132 Å². The smallest absolute Gasteiger partial charge is 1.00 e. The second-order valence-electron chi connectivity index (χ2n) is 22.8. The zero-order valence-corrected chi connectivity index (χ0v) is 69.3. The molecule has 3 fully saturated rings. The number of carbonyl (C=O) groups excluding carboxylic acids is 6. The number of aliphatic hydroxyl groups is 3. The molecule has 6 aromatic rings. The third-order valence-corrected chi connectivity index (χ3v) is 17.5. The summed E-state index contributed by atoms with van der Waals surface area (Å²) < 4.78 is 81.5. The van der Waals surface area contributed by atoms with Gasteiger partial charge in [-0.3, -0.25) is 87.4 Å². The van der Waals surface area contributed by atoms with Gasteiger partial charge in [-0.25, -0.2) is 36.7 Å². The minimum Gasteiger partial charge on any atom is -1.00 e. The van der Waals surface area contributed by atoms with E-state index in [0.29, 0.717) is 36.6 Å². The second-order valence-corrected chi connectivity index (χ2v) is 25.8. The molecular weight excluding hydrogens is 1520 g/mol. The monoisotopic (exact) mass is 1610 g/mol. The van der Waals surface area contributed by atoms with Crippen molar-refractivity contribution in [3.8, 4) is 0 Å². The van der Waals surface area contributed by atoms with Gasteiger partial charge < -0.3 is 61.0 Å². The van der Waals surface area contributed by atoms with E-state index >= 15 is 4.39 Å². The number of aryl methyl sites for hydroxylation is 3. The number of nitrogen functional groups attached to an aromatic ring is 1. The number of imidazole rings is 3. The van der Waals surface area contributed by atoms with Crippen molar-refractivity contribution < 1.29 is 200 Å². The van der Waals surface area contributed by atoms with Crippen LogP contribution in [0.5, 0.6) is 0 Å². The Balaban J connectivity index is 0.000000700. The zero-order valence-electron chi connectivity index (χ0n) is 61.6. The number of aliphatic hydroxyl groups excluding tert-OH is 3. The number of anilines is 3. The first-order valence-electron chi connectivity index (χ1n) is 31.7. The van der Waals surface area contributed by atoms with Gasteiger partial charge in [0.15, 0.2) is 76.7 Å². The Hall–Kier alpha value is -5.10. The molecule has 0 bridgehead atoms. The molecule has 11 N–H and O–H groups in total. The maximum Gasteiger partial charge on any atom is 1.00 e. The van der Waals surface area contributed by atoms with Crippen molar-refractivity contribution >= 4 is 123 Å². The summed E-state index contributed by atoms with van der Waals surface area (Å²) in [6, 6.07) is 0. The Morgan fingerprint density at radius 3 is 1.48 bits per heavy atom. The fraction of sp³-hybridized carbons (Fsp3) is 0.644. The molecule has 105 heavy (non-hydrogen) atoms. The summed E-state index contributed by atoms with van der Waals surface area (Å²) in [6.45, 7) is 15.7. The summed E-state index contributed by atoms with van der Waals surface area (Å²) in [4.78, 5) is 165. The van der Waals surface area contributed by atoms with Crippen LogP contribution >= 0.6 is 35.3 Å². The topological polar surface area (TPSA) is 530 Å². The van der Waals surface area contributed by atoms with Crippen molar-refractivity contribution in [3.05, 3.63) is 62.5 Å². The Kier molecular flexibility index (Phi) is 41.8. The standard InChI is InChI=1S/C20H28FN5O6S.C15H22FN5O5S.C12H19FO5.C10H13N5O3S.CH2O3.CH4O.2K.H/c1-6-9(2)14-12(21)15(31-11(4)28)18(32-14)26-16-13(25(20(26)30)7-8-33-5)17(29)24-19(23-16)22-10(3)27;1-3-6(22)10-7(16)9(23)13(26-10)21-11-8(12(24)19-14(17)18-11)20(15(21)25)4-5-27-2;1-5-6(2)10-9(13)11(16-7(3)14)12(18-10)17-8(4)15;1-5(16)11-9-12-7-6(8(17)14-9)15(3-4-19-2)10(18)13-7;2-1-4-3;1-2;;;/h9,12,14-15,18H,6-8H2,1-5H3,(H2,22,23,24,27,29);6-7,9-10,13,22-23H,3-5H2,1-2H3,(H3,17,18,19,24);6,9-12H,5H2,1-4H3;3-4H2,1-2H3,(H3,11,12,13,14,16,17,18);1,3H;2H,1H3;;;/q;;;;;;2*+1;-1/p-1/t9-,12-,14+,15+,18+;6-,7+,9+,10+,13+;6-,9-,10+,11+,12?;;;;;;/m000....../s1. The van der Waals surface area contributed by atoms with E-state index in [4.69, 9.17) is 49.3 Å². The first-order valence-corrected chi connectivity index (χ1v) is 35.8. The number of thioether (sulfide) groups is 3. The molecule has 1 unspecified atom stereocenters. The Morgan fingerprint density at radius 1 is 0.619 bits per heavy atom. The second kappa shape index (κ2) is 45.8. The molecule has 3 aliphatic rings. The maximum atomic E-state index is 15.4. The third-order valence-electron chi connectivity index (χ3n) is 15.7. The molecular formula is C59H88F3K2N15O23S3. The third kappa shape index (κ3) is 24.7. The van der Waals surface area contributed by atoms with Gasteiger partial charge in [0.1, 0.15) is 12.2 Å². The number of H-pyrrole nitrogens is 4. The molecule has 0 saturated carbocycles. The Labute approximate surface area is 695 Å². The summed E-state index contributed by atoms with van der Waals surface area (Å²) in [6.07, 6.45) is -10.3. The fourth-order valence-corrected chi connectivity index (χ4v) is 11.8. The van der Waals surface area contributed by atoms with Crippen LogP contribution in [0.25, 0.3) is 33.5 Å². The minimum absolute atomic E-state index is 0. The number of hydrogen-bond donors (Lipinski definition) is 10. The van der Waals surface area contributed by atoms with Crippen molar-refractivity contribution in [1.29, 1.82) is 0 Å². The minimum atomic E-state index is -1.90. The molecule has 15 atom stereocenters. The molecule has 0 aliphatic carbocycles. The van der Waals surface area contributed by atoms with Crippen molar-refractivity contribution in [2.24, 2.45) is 11.8 Å². The number of carbonyl (C=O) groups is 6. The first kappa shape index (κ1) is 96.0. The number of alkyl halides is 3. The molecule has 0 spiro atoms. The number of esters is 3. The number of amides is 2.